The van der Waals surface area contributed by atoms with E-state index in [0.29, 0.717) is 48.7 Å². The quantitative estimate of drug-likeness (QED) is 0.640. The molecule has 0 atom stereocenters. The van der Waals surface area contributed by atoms with E-state index in [-0.39, 0.29) is 16.7 Å². The summed E-state index contributed by atoms with van der Waals surface area (Å²) in [6.45, 7) is 4.44. The van der Waals surface area contributed by atoms with Crippen LogP contribution in [0.25, 0.3) is 0 Å². The van der Waals surface area contributed by atoms with Crippen molar-refractivity contribution in [3.63, 3.8) is 0 Å². The Morgan fingerprint density at radius 3 is 2.38 bits per heavy atom. The van der Waals surface area contributed by atoms with Crippen LogP contribution in [0.5, 0.6) is 5.75 Å². The Labute approximate surface area is 201 Å². The zero-order valence-electron chi connectivity index (χ0n) is 20.1. The summed E-state index contributed by atoms with van der Waals surface area (Å²) in [4.78, 5) is 30.7. The van der Waals surface area contributed by atoms with E-state index in [1.54, 1.807) is 61.2 Å². The normalized spacial score (nSPS) is 14.9. The minimum absolute atomic E-state index is 0.0188. The van der Waals surface area contributed by atoms with Gasteiger partial charge in [-0.3, -0.25) is 19.2 Å². The molecule has 1 aliphatic rings. The number of rotatable bonds is 7. The van der Waals surface area contributed by atoms with E-state index < -0.39 is 10.0 Å². The van der Waals surface area contributed by atoms with Crippen molar-refractivity contribution in [1.82, 2.24) is 14.7 Å². The number of methoxy groups -OCH3 is 1. The lowest BCUT2D eigenvalue weighted by molar-refractivity contribution is -0.129. The maximum atomic E-state index is 13.3. The molecular formula is C24H32N4O5S. The minimum Gasteiger partial charge on any atom is -0.497 e. The fourth-order valence-corrected chi connectivity index (χ4v) is 4.79. The fourth-order valence-electron chi connectivity index (χ4n) is 3.71. The Kier molecular flexibility index (Phi) is 8.16. The zero-order valence-corrected chi connectivity index (χ0v) is 20.9. The number of benzene rings is 2. The summed E-state index contributed by atoms with van der Waals surface area (Å²) in [7, 11) is 1.10. The Bertz CT molecular complexity index is 1130. The number of aryl methyl sites for hydroxylation is 1. The monoisotopic (exact) mass is 488 g/mol. The van der Waals surface area contributed by atoms with Crippen molar-refractivity contribution in [2.75, 3.05) is 58.7 Å². The fraction of sp³-hybridized carbons (Fsp3) is 0.417. The molecule has 0 saturated carbocycles. The molecule has 0 unspecified atom stereocenters. The van der Waals surface area contributed by atoms with Gasteiger partial charge in [0.1, 0.15) is 5.75 Å². The van der Waals surface area contributed by atoms with Gasteiger partial charge < -0.3 is 14.5 Å². The molecular weight excluding hydrogens is 456 g/mol. The third-order valence-corrected chi connectivity index (χ3v) is 7.20. The smallest absolute Gasteiger partial charge is 0.261 e. The second-order valence-electron chi connectivity index (χ2n) is 8.52. The average Bonchev–Trinajstić information content (AvgIpc) is 3.04. The lowest BCUT2D eigenvalue weighted by atomic mass is 10.1. The van der Waals surface area contributed by atoms with E-state index in [4.69, 9.17) is 4.74 Å². The third-order valence-electron chi connectivity index (χ3n) is 5.83. The van der Waals surface area contributed by atoms with Crippen LogP contribution in [0, 0.1) is 6.92 Å². The molecule has 0 aromatic heterocycles. The average molecular weight is 489 g/mol. The van der Waals surface area contributed by atoms with Gasteiger partial charge in [-0.2, -0.15) is 0 Å². The summed E-state index contributed by atoms with van der Waals surface area (Å²) in [6, 6.07) is 11.1. The highest BCUT2D eigenvalue weighted by Crippen LogP contribution is 2.22. The van der Waals surface area contributed by atoms with Crippen LogP contribution in [0.3, 0.4) is 0 Å². The first-order valence-electron chi connectivity index (χ1n) is 11.1. The molecule has 3 rings (SSSR count). The van der Waals surface area contributed by atoms with Crippen LogP contribution in [0.1, 0.15) is 22.3 Å². The number of hydrogen-bond acceptors (Lipinski definition) is 6. The van der Waals surface area contributed by atoms with Crippen LogP contribution in [0.2, 0.25) is 0 Å². The van der Waals surface area contributed by atoms with Gasteiger partial charge in [-0.05, 0) is 55.3 Å². The predicted molar refractivity (Wildman–Crippen MR) is 131 cm³/mol. The van der Waals surface area contributed by atoms with Crippen LogP contribution in [-0.2, 0) is 14.8 Å². The minimum atomic E-state index is -3.89. The Morgan fingerprint density at radius 2 is 1.74 bits per heavy atom. The molecule has 0 spiro atoms. The van der Waals surface area contributed by atoms with E-state index in [2.05, 4.69) is 4.72 Å². The maximum Gasteiger partial charge on any atom is 0.261 e. The molecule has 0 bridgehead atoms. The van der Waals surface area contributed by atoms with E-state index in [9.17, 15) is 18.0 Å². The number of nitrogens with one attached hydrogen (secondary N) is 1. The van der Waals surface area contributed by atoms with Gasteiger partial charge in [-0.25, -0.2) is 8.42 Å². The first-order chi connectivity index (χ1) is 16.1. The van der Waals surface area contributed by atoms with Crippen LogP contribution < -0.4 is 9.46 Å². The highest BCUT2D eigenvalue weighted by atomic mass is 32.2. The van der Waals surface area contributed by atoms with Gasteiger partial charge in [0.2, 0.25) is 5.91 Å². The molecule has 0 radical (unpaired) electrons. The van der Waals surface area contributed by atoms with Crippen molar-refractivity contribution in [1.29, 1.82) is 0 Å². The summed E-state index contributed by atoms with van der Waals surface area (Å²) in [5, 5.41) is 0. The summed E-state index contributed by atoms with van der Waals surface area (Å²) in [6.07, 6.45) is 0.739. The SMILES string of the molecule is COc1ccc(NS(=O)(=O)c2ccc(C)c(C(=O)N3CCCN(CC(=O)N(C)C)CC3)c2)cc1. The van der Waals surface area contributed by atoms with Crippen molar-refractivity contribution in [2.45, 2.75) is 18.2 Å². The number of likely N-dealkylation sites (N-methyl/N-ethyl adjacent to an activating group) is 1. The van der Waals surface area contributed by atoms with E-state index in [1.807, 2.05) is 4.90 Å². The molecule has 0 aliphatic carbocycles. The first-order valence-corrected chi connectivity index (χ1v) is 12.6. The Morgan fingerprint density at radius 1 is 1.03 bits per heavy atom. The second kappa shape index (κ2) is 10.9. The molecule has 1 N–H and O–H groups in total. The van der Waals surface area contributed by atoms with Crippen molar-refractivity contribution < 1.29 is 22.7 Å². The molecule has 34 heavy (non-hydrogen) atoms. The largest absolute Gasteiger partial charge is 0.497 e. The number of carbonyl (C=O) groups excluding carboxylic acids is 2. The van der Waals surface area contributed by atoms with E-state index in [0.717, 1.165) is 13.0 Å². The van der Waals surface area contributed by atoms with Crippen molar-refractivity contribution in [3.05, 3.63) is 53.6 Å². The van der Waals surface area contributed by atoms with Crippen molar-refractivity contribution in [3.8, 4) is 5.75 Å². The third kappa shape index (κ3) is 6.27. The number of anilines is 1. The Hall–Kier alpha value is -3.11. The van der Waals surface area contributed by atoms with Gasteiger partial charge in [0.25, 0.3) is 15.9 Å². The standard InChI is InChI=1S/C24H32N4O5S/c1-18-6-11-21(34(31,32)25-19-7-9-20(33-4)10-8-19)16-22(18)24(30)28-13-5-12-27(14-15-28)17-23(29)26(2)3/h6-11,16,25H,5,12-15,17H2,1-4H3. The summed E-state index contributed by atoms with van der Waals surface area (Å²) >= 11 is 0. The summed E-state index contributed by atoms with van der Waals surface area (Å²) < 4.78 is 33.6. The van der Waals surface area contributed by atoms with Gasteiger partial charge in [0, 0.05) is 51.5 Å². The number of carbonyl (C=O) groups is 2. The summed E-state index contributed by atoms with van der Waals surface area (Å²) in [5.41, 5.74) is 1.46. The molecule has 2 aromatic rings. The number of ether oxygens (including phenoxy) is 1. The number of amides is 2. The van der Waals surface area contributed by atoms with Crippen molar-refractivity contribution >= 4 is 27.5 Å². The van der Waals surface area contributed by atoms with Crippen LogP contribution in [0.15, 0.2) is 47.4 Å². The molecule has 1 saturated heterocycles. The predicted octanol–water partition coefficient (Wildman–Crippen LogP) is 2.04. The molecule has 1 heterocycles. The van der Waals surface area contributed by atoms with Gasteiger partial charge in [0.05, 0.1) is 18.6 Å². The van der Waals surface area contributed by atoms with Gasteiger partial charge >= 0.3 is 0 Å². The highest BCUT2D eigenvalue weighted by molar-refractivity contribution is 7.92. The van der Waals surface area contributed by atoms with Gasteiger partial charge in [-0.1, -0.05) is 6.07 Å². The van der Waals surface area contributed by atoms with Crippen molar-refractivity contribution in [2.24, 2.45) is 0 Å². The molecule has 2 amide bonds. The van der Waals surface area contributed by atoms with Gasteiger partial charge in [0.15, 0.2) is 0 Å². The molecule has 9 nitrogen and oxygen atoms in total. The highest BCUT2D eigenvalue weighted by Gasteiger charge is 2.25. The lowest BCUT2D eigenvalue weighted by Gasteiger charge is -2.23. The molecule has 184 valence electrons. The zero-order chi connectivity index (χ0) is 24.9. The number of nitrogens with zero attached hydrogens (tertiary/aromatic N) is 3. The van der Waals surface area contributed by atoms with Crippen LogP contribution in [-0.4, -0.2) is 88.9 Å². The van der Waals surface area contributed by atoms with Crippen LogP contribution in [0.4, 0.5) is 5.69 Å². The summed E-state index contributed by atoms with van der Waals surface area (Å²) in [5.74, 6) is 0.436. The van der Waals surface area contributed by atoms with Gasteiger partial charge in [-0.15, -0.1) is 0 Å². The Balaban J connectivity index is 1.74. The van der Waals surface area contributed by atoms with E-state index in [1.165, 1.54) is 19.2 Å². The molecule has 1 aliphatic heterocycles. The lowest BCUT2D eigenvalue weighted by Crippen LogP contribution is -2.39. The van der Waals surface area contributed by atoms with E-state index >= 15 is 0 Å². The maximum absolute atomic E-state index is 13.3. The molecule has 1 fully saturated rings. The number of sulfonamides is 1. The molecule has 2 aromatic carbocycles. The number of hydrogen-bond donors (Lipinski definition) is 1. The first kappa shape index (κ1) is 25.5. The topological polar surface area (TPSA) is 99.3 Å². The second-order valence-corrected chi connectivity index (χ2v) is 10.2. The van der Waals surface area contributed by atoms with Crippen LogP contribution >= 0.6 is 0 Å². The molecule has 10 heteroatoms.